The first-order valence-electron chi connectivity index (χ1n) is 5.61. The Labute approximate surface area is 109 Å². The van der Waals surface area contributed by atoms with Crippen LogP contribution >= 0.6 is 0 Å². The molecule has 0 N–H and O–H groups in total. The standard InChI is InChI=1S/C12H16N2OS2/c1-17(16)14-9-7-13(8-10-14)12(15)11-5-3-2-4-6-11/h2-6H,7-10H2,1H3. The molecule has 0 saturated carbocycles. The first-order chi connectivity index (χ1) is 8.18. The van der Waals surface area contributed by atoms with Gasteiger partial charge in [0.2, 0.25) is 0 Å². The van der Waals surface area contributed by atoms with Crippen molar-refractivity contribution in [1.82, 2.24) is 9.21 Å². The van der Waals surface area contributed by atoms with Gasteiger partial charge in [0.15, 0.2) is 0 Å². The fraction of sp³-hybridized carbons (Fsp3) is 0.417. The molecule has 2 rings (SSSR count). The summed E-state index contributed by atoms with van der Waals surface area (Å²) in [5.74, 6) is 0.130. The molecule has 5 heteroatoms. The molecule has 1 amide bonds. The van der Waals surface area contributed by atoms with E-state index in [9.17, 15) is 4.79 Å². The van der Waals surface area contributed by atoms with E-state index in [-0.39, 0.29) is 15.5 Å². The SMILES string of the molecule is CS(=S)N1CCN(C(=O)c2ccccc2)CC1. The van der Waals surface area contributed by atoms with E-state index in [1.165, 1.54) is 0 Å². The molecule has 17 heavy (non-hydrogen) atoms. The van der Waals surface area contributed by atoms with Gasteiger partial charge in [-0.25, -0.2) is 4.31 Å². The predicted molar refractivity (Wildman–Crippen MR) is 74.6 cm³/mol. The molecule has 1 saturated heterocycles. The molecule has 3 nitrogen and oxygen atoms in total. The predicted octanol–water partition coefficient (Wildman–Crippen LogP) is 1.07. The topological polar surface area (TPSA) is 23.6 Å². The van der Waals surface area contributed by atoms with E-state index in [4.69, 9.17) is 11.2 Å². The van der Waals surface area contributed by atoms with Crippen molar-refractivity contribution in [1.29, 1.82) is 0 Å². The van der Waals surface area contributed by atoms with Gasteiger partial charge in [-0.15, -0.1) is 0 Å². The highest BCUT2D eigenvalue weighted by Gasteiger charge is 2.22. The highest BCUT2D eigenvalue weighted by Crippen LogP contribution is 2.09. The summed E-state index contributed by atoms with van der Waals surface area (Å²) in [6.07, 6.45) is 2.05. The van der Waals surface area contributed by atoms with Crippen molar-refractivity contribution in [2.24, 2.45) is 0 Å². The zero-order valence-corrected chi connectivity index (χ0v) is 11.5. The Kier molecular flexibility index (Phi) is 4.25. The van der Waals surface area contributed by atoms with Gasteiger partial charge in [-0.2, -0.15) is 0 Å². The second-order valence-corrected chi connectivity index (χ2v) is 6.82. The normalized spacial score (nSPS) is 19.0. The summed E-state index contributed by atoms with van der Waals surface area (Å²) in [5.41, 5.74) is 0.773. The van der Waals surface area contributed by atoms with Gasteiger partial charge >= 0.3 is 0 Å². The van der Waals surface area contributed by atoms with Gasteiger partial charge in [-0.3, -0.25) is 4.79 Å². The molecule has 1 unspecified atom stereocenters. The van der Waals surface area contributed by atoms with Gasteiger partial charge in [0.1, 0.15) is 0 Å². The Balaban J connectivity index is 1.98. The molecule has 1 aromatic carbocycles. The van der Waals surface area contributed by atoms with Crippen LogP contribution in [0.2, 0.25) is 0 Å². The van der Waals surface area contributed by atoms with Gasteiger partial charge in [0, 0.05) is 38.0 Å². The molecule has 1 atom stereocenters. The number of carbonyl (C=O) groups is 1. The van der Waals surface area contributed by atoms with Gasteiger partial charge in [0.25, 0.3) is 5.91 Å². The summed E-state index contributed by atoms with van der Waals surface area (Å²) in [4.78, 5) is 14.1. The maximum Gasteiger partial charge on any atom is 0.253 e. The molecule has 1 aliphatic heterocycles. The number of benzene rings is 1. The Bertz CT molecular complexity index is 414. The minimum absolute atomic E-state index is 0.0960. The van der Waals surface area contributed by atoms with Crippen molar-refractivity contribution in [2.45, 2.75) is 0 Å². The van der Waals surface area contributed by atoms with Crippen LogP contribution in [0.3, 0.4) is 0 Å². The summed E-state index contributed by atoms with van der Waals surface area (Å²) in [6, 6.07) is 9.46. The average molecular weight is 268 g/mol. The largest absolute Gasteiger partial charge is 0.336 e. The zero-order valence-electron chi connectivity index (χ0n) is 9.83. The molecule has 0 aromatic heterocycles. The molecule has 0 bridgehead atoms. The first kappa shape index (κ1) is 12.7. The third-order valence-corrected chi connectivity index (χ3v) is 4.64. The lowest BCUT2D eigenvalue weighted by molar-refractivity contribution is 0.0703. The zero-order chi connectivity index (χ0) is 12.3. The van der Waals surface area contributed by atoms with Crippen molar-refractivity contribution < 1.29 is 4.79 Å². The van der Waals surface area contributed by atoms with E-state index in [0.717, 1.165) is 31.7 Å². The van der Waals surface area contributed by atoms with Gasteiger partial charge in [-0.05, 0) is 23.3 Å². The first-order valence-corrected chi connectivity index (χ1v) is 8.13. The maximum atomic E-state index is 12.2. The van der Waals surface area contributed by atoms with E-state index >= 15 is 0 Å². The van der Waals surface area contributed by atoms with E-state index in [1.54, 1.807) is 0 Å². The summed E-state index contributed by atoms with van der Waals surface area (Å²) in [7, 11) is -0.0960. The van der Waals surface area contributed by atoms with Crippen LogP contribution in [0.25, 0.3) is 0 Å². The Morgan fingerprint density at radius 3 is 2.29 bits per heavy atom. The smallest absolute Gasteiger partial charge is 0.253 e. The maximum absolute atomic E-state index is 12.2. The third-order valence-electron chi connectivity index (χ3n) is 2.91. The molecule has 0 radical (unpaired) electrons. The lowest BCUT2D eigenvalue weighted by Gasteiger charge is -2.34. The molecule has 0 spiro atoms. The summed E-state index contributed by atoms with van der Waals surface area (Å²) in [5, 5.41) is 0. The second-order valence-electron chi connectivity index (χ2n) is 4.01. The minimum atomic E-state index is -0.0960. The molecule has 1 fully saturated rings. The molecule has 1 aromatic rings. The fourth-order valence-electron chi connectivity index (χ4n) is 1.91. The molecule has 92 valence electrons. The monoisotopic (exact) mass is 268 g/mol. The lowest BCUT2D eigenvalue weighted by atomic mass is 10.2. The van der Waals surface area contributed by atoms with Crippen LogP contribution in [-0.2, 0) is 20.8 Å². The number of nitrogens with zero attached hydrogens (tertiary/aromatic N) is 2. The Hall–Kier alpha value is -0.780. The minimum Gasteiger partial charge on any atom is -0.336 e. The van der Waals surface area contributed by atoms with Crippen LogP contribution in [0.15, 0.2) is 30.3 Å². The average Bonchev–Trinajstić information content (AvgIpc) is 2.39. The lowest BCUT2D eigenvalue weighted by Crippen LogP contribution is -2.48. The molecular formula is C12H16N2OS2. The van der Waals surface area contributed by atoms with Crippen LogP contribution in [-0.4, -0.2) is 47.5 Å². The van der Waals surface area contributed by atoms with Crippen LogP contribution in [0.4, 0.5) is 0 Å². The number of carbonyl (C=O) groups excluding carboxylic acids is 1. The third kappa shape index (κ3) is 3.12. The summed E-state index contributed by atoms with van der Waals surface area (Å²) in [6.45, 7) is 3.34. The van der Waals surface area contributed by atoms with Crippen molar-refractivity contribution in [3.63, 3.8) is 0 Å². The van der Waals surface area contributed by atoms with Gasteiger partial charge in [0.05, 0.1) is 0 Å². The van der Waals surface area contributed by atoms with Crippen molar-refractivity contribution in [3.05, 3.63) is 35.9 Å². The fourth-order valence-corrected chi connectivity index (χ4v) is 3.04. The number of hydrogen-bond donors (Lipinski definition) is 0. The van der Waals surface area contributed by atoms with Crippen molar-refractivity contribution >= 4 is 26.7 Å². The van der Waals surface area contributed by atoms with E-state index in [1.807, 2.05) is 41.5 Å². The van der Waals surface area contributed by atoms with Crippen LogP contribution in [0.5, 0.6) is 0 Å². The van der Waals surface area contributed by atoms with Gasteiger partial charge in [-0.1, -0.05) is 27.8 Å². The van der Waals surface area contributed by atoms with Gasteiger partial charge < -0.3 is 4.90 Å². The van der Waals surface area contributed by atoms with Crippen LogP contribution in [0.1, 0.15) is 10.4 Å². The molecule has 1 heterocycles. The highest BCUT2D eigenvalue weighted by molar-refractivity contribution is 8.27. The molecule has 0 aliphatic carbocycles. The molecular weight excluding hydrogens is 252 g/mol. The number of rotatable bonds is 2. The van der Waals surface area contributed by atoms with E-state index in [2.05, 4.69) is 4.31 Å². The quantitative estimate of drug-likeness (QED) is 0.801. The van der Waals surface area contributed by atoms with E-state index in [0.29, 0.717) is 0 Å². The number of hydrogen-bond acceptors (Lipinski definition) is 2. The number of piperazine rings is 1. The summed E-state index contributed by atoms with van der Waals surface area (Å²) >= 11 is 5.25. The van der Waals surface area contributed by atoms with Crippen LogP contribution in [0, 0.1) is 0 Å². The highest BCUT2D eigenvalue weighted by atomic mass is 32.8. The van der Waals surface area contributed by atoms with Crippen molar-refractivity contribution in [2.75, 3.05) is 32.4 Å². The second kappa shape index (κ2) is 5.71. The Morgan fingerprint density at radius 2 is 1.76 bits per heavy atom. The van der Waals surface area contributed by atoms with Crippen molar-refractivity contribution in [3.8, 4) is 0 Å². The summed E-state index contributed by atoms with van der Waals surface area (Å²) < 4.78 is 2.25. The number of amides is 1. The van der Waals surface area contributed by atoms with Crippen LogP contribution < -0.4 is 0 Å². The molecule has 1 aliphatic rings. The van der Waals surface area contributed by atoms with E-state index < -0.39 is 0 Å². The Morgan fingerprint density at radius 1 is 1.18 bits per heavy atom.